The Kier molecular flexibility index (Phi) is 4.55. The fraction of sp³-hybridized carbons (Fsp3) is 0.160. The first-order chi connectivity index (χ1) is 15.1. The second-order valence-corrected chi connectivity index (χ2v) is 7.73. The van der Waals surface area contributed by atoms with E-state index in [1.54, 1.807) is 4.90 Å². The van der Waals surface area contributed by atoms with Gasteiger partial charge in [-0.3, -0.25) is 14.5 Å². The number of imide groups is 1. The van der Waals surface area contributed by atoms with Crippen molar-refractivity contribution in [2.75, 3.05) is 18.0 Å². The second kappa shape index (κ2) is 7.40. The highest BCUT2D eigenvalue weighted by atomic mass is 16.2. The number of para-hydroxylation sites is 1. The van der Waals surface area contributed by atoms with Gasteiger partial charge in [-0.2, -0.15) is 0 Å². The summed E-state index contributed by atoms with van der Waals surface area (Å²) in [5.41, 5.74) is 1.89. The third-order valence-corrected chi connectivity index (χ3v) is 6.00. The van der Waals surface area contributed by atoms with Crippen LogP contribution in [0, 0.1) is 0 Å². The second-order valence-electron chi connectivity index (χ2n) is 7.73. The number of rotatable bonds is 4. The summed E-state index contributed by atoms with van der Waals surface area (Å²) in [6.07, 6.45) is 0.764. The number of benzene rings is 3. The molecule has 3 aromatic rings. The minimum absolute atomic E-state index is 0.273. The number of hydrogen-bond donors (Lipinski definition) is 1. The van der Waals surface area contributed by atoms with Crippen LogP contribution < -0.4 is 10.2 Å². The molecule has 2 aliphatic rings. The molecule has 2 aliphatic heterocycles. The SMILES string of the molecule is O=C1NC(c2ccccc2)(c2ccccc2)C(=O)N1CC(=O)N1CCc2ccccc21. The van der Waals surface area contributed by atoms with Crippen molar-refractivity contribution in [3.63, 3.8) is 0 Å². The van der Waals surface area contributed by atoms with Gasteiger partial charge < -0.3 is 10.2 Å². The molecule has 3 aromatic carbocycles. The van der Waals surface area contributed by atoms with Gasteiger partial charge in [0.2, 0.25) is 5.91 Å². The minimum atomic E-state index is -1.36. The summed E-state index contributed by atoms with van der Waals surface area (Å²) in [5.74, 6) is -0.721. The quantitative estimate of drug-likeness (QED) is 0.671. The molecule has 1 saturated heterocycles. The van der Waals surface area contributed by atoms with Crippen LogP contribution >= 0.6 is 0 Å². The maximum absolute atomic E-state index is 13.7. The zero-order valence-corrected chi connectivity index (χ0v) is 16.8. The molecule has 2 heterocycles. The van der Waals surface area contributed by atoms with Gasteiger partial charge in [0, 0.05) is 12.2 Å². The fourth-order valence-electron chi connectivity index (χ4n) is 4.47. The summed E-state index contributed by atoms with van der Waals surface area (Å²) >= 11 is 0. The number of nitrogens with one attached hydrogen (secondary N) is 1. The van der Waals surface area contributed by atoms with Crippen LogP contribution in [0.1, 0.15) is 16.7 Å². The van der Waals surface area contributed by atoms with Crippen molar-refractivity contribution in [1.29, 1.82) is 0 Å². The lowest BCUT2D eigenvalue weighted by Crippen LogP contribution is -2.46. The summed E-state index contributed by atoms with van der Waals surface area (Å²) in [7, 11) is 0. The average molecular weight is 411 g/mol. The summed E-state index contributed by atoms with van der Waals surface area (Å²) in [6.45, 7) is 0.241. The number of fused-ring (bicyclic) bond motifs is 1. The van der Waals surface area contributed by atoms with Crippen molar-refractivity contribution in [3.8, 4) is 0 Å². The van der Waals surface area contributed by atoms with Crippen molar-refractivity contribution >= 4 is 23.5 Å². The van der Waals surface area contributed by atoms with E-state index in [0.29, 0.717) is 17.7 Å². The fourth-order valence-corrected chi connectivity index (χ4v) is 4.47. The Balaban J connectivity index is 1.49. The molecule has 0 radical (unpaired) electrons. The first-order valence-electron chi connectivity index (χ1n) is 10.2. The Morgan fingerprint density at radius 2 is 1.42 bits per heavy atom. The molecule has 1 fully saturated rings. The van der Waals surface area contributed by atoms with E-state index < -0.39 is 17.5 Å². The molecule has 0 spiro atoms. The van der Waals surface area contributed by atoms with Crippen LogP contribution in [-0.4, -0.2) is 35.8 Å². The van der Waals surface area contributed by atoms with Crippen LogP contribution in [0.15, 0.2) is 84.9 Å². The standard InChI is InChI=1S/C25H21N3O3/c29-22(27-16-15-18-9-7-8-14-21(18)27)17-28-23(30)25(26-24(28)31,19-10-3-1-4-11-19)20-12-5-2-6-13-20/h1-14H,15-17H2,(H,26,31). The molecule has 1 N–H and O–H groups in total. The average Bonchev–Trinajstić information content (AvgIpc) is 3.35. The van der Waals surface area contributed by atoms with Gasteiger partial charge in [-0.25, -0.2) is 4.79 Å². The highest BCUT2D eigenvalue weighted by molar-refractivity contribution is 6.12. The van der Waals surface area contributed by atoms with Crippen LogP contribution in [0.5, 0.6) is 0 Å². The van der Waals surface area contributed by atoms with Crippen LogP contribution in [0.3, 0.4) is 0 Å². The summed E-state index contributed by atoms with van der Waals surface area (Å²) in [4.78, 5) is 42.4. The third-order valence-electron chi connectivity index (χ3n) is 6.00. The van der Waals surface area contributed by atoms with E-state index in [1.165, 1.54) is 0 Å². The molecular weight excluding hydrogens is 390 g/mol. The molecule has 0 saturated carbocycles. The van der Waals surface area contributed by atoms with Crippen molar-refractivity contribution < 1.29 is 14.4 Å². The molecule has 0 aliphatic carbocycles. The van der Waals surface area contributed by atoms with E-state index in [-0.39, 0.29) is 12.5 Å². The van der Waals surface area contributed by atoms with Crippen molar-refractivity contribution in [2.45, 2.75) is 12.0 Å². The largest absolute Gasteiger partial charge is 0.326 e. The maximum Gasteiger partial charge on any atom is 0.326 e. The number of anilines is 1. The number of urea groups is 1. The van der Waals surface area contributed by atoms with Gasteiger partial charge in [0.05, 0.1) is 0 Å². The van der Waals surface area contributed by atoms with Crippen LogP contribution in [0.4, 0.5) is 10.5 Å². The normalized spacial score (nSPS) is 16.9. The third kappa shape index (κ3) is 2.99. The Morgan fingerprint density at radius 3 is 2.06 bits per heavy atom. The predicted octanol–water partition coefficient (Wildman–Crippen LogP) is 3.07. The maximum atomic E-state index is 13.7. The van der Waals surface area contributed by atoms with E-state index in [0.717, 1.165) is 22.6 Å². The predicted molar refractivity (Wildman–Crippen MR) is 116 cm³/mol. The first kappa shape index (κ1) is 19.1. The molecular formula is C25H21N3O3. The Bertz CT molecular complexity index is 1120. The smallest absolute Gasteiger partial charge is 0.315 e. The molecule has 31 heavy (non-hydrogen) atoms. The number of amides is 4. The summed E-state index contributed by atoms with van der Waals surface area (Å²) in [6, 6.07) is 25.4. The van der Waals surface area contributed by atoms with Crippen LogP contribution in [-0.2, 0) is 21.5 Å². The lowest BCUT2D eigenvalue weighted by molar-refractivity contribution is -0.133. The number of carbonyl (C=O) groups is 3. The molecule has 0 atom stereocenters. The van der Waals surface area contributed by atoms with E-state index >= 15 is 0 Å². The highest BCUT2D eigenvalue weighted by Gasteiger charge is 2.54. The monoisotopic (exact) mass is 411 g/mol. The molecule has 0 bridgehead atoms. The molecule has 0 unspecified atom stereocenters. The molecule has 154 valence electrons. The van der Waals surface area contributed by atoms with Gasteiger partial charge in [0.1, 0.15) is 6.54 Å². The number of carbonyl (C=O) groups excluding carboxylic acids is 3. The topological polar surface area (TPSA) is 69.7 Å². The minimum Gasteiger partial charge on any atom is -0.315 e. The summed E-state index contributed by atoms with van der Waals surface area (Å²) in [5, 5.41) is 2.88. The van der Waals surface area contributed by atoms with Gasteiger partial charge >= 0.3 is 6.03 Å². The van der Waals surface area contributed by atoms with Crippen molar-refractivity contribution in [3.05, 3.63) is 102 Å². The Morgan fingerprint density at radius 1 is 0.839 bits per heavy atom. The van der Waals surface area contributed by atoms with Gasteiger partial charge in [-0.05, 0) is 29.2 Å². The Hall–Kier alpha value is -3.93. The van der Waals surface area contributed by atoms with Crippen LogP contribution in [0.2, 0.25) is 0 Å². The van der Waals surface area contributed by atoms with E-state index in [4.69, 9.17) is 0 Å². The van der Waals surface area contributed by atoms with E-state index in [2.05, 4.69) is 5.32 Å². The van der Waals surface area contributed by atoms with E-state index in [9.17, 15) is 14.4 Å². The van der Waals surface area contributed by atoms with Crippen molar-refractivity contribution in [2.24, 2.45) is 0 Å². The van der Waals surface area contributed by atoms with Gasteiger partial charge in [-0.1, -0.05) is 78.9 Å². The highest BCUT2D eigenvalue weighted by Crippen LogP contribution is 2.36. The molecule has 4 amide bonds. The lowest BCUT2D eigenvalue weighted by atomic mass is 9.82. The van der Waals surface area contributed by atoms with Crippen LogP contribution in [0.25, 0.3) is 0 Å². The molecule has 5 rings (SSSR count). The van der Waals surface area contributed by atoms with Gasteiger partial charge in [0.15, 0.2) is 5.54 Å². The summed E-state index contributed by atoms with van der Waals surface area (Å²) < 4.78 is 0. The lowest BCUT2D eigenvalue weighted by Gasteiger charge is -2.28. The zero-order valence-electron chi connectivity index (χ0n) is 16.8. The molecule has 6 nitrogen and oxygen atoms in total. The number of hydrogen-bond acceptors (Lipinski definition) is 3. The first-order valence-corrected chi connectivity index (χ1v) is 10.2. The Labute approximate surface area is 180 Å². The molecule has 0 aromatic heterocycles. The van der Waals surface area contributed by atoms with Gasteiger partial charge in [-0.15, -0.1) is 0 Å². The number of nitrogens with zero attached hydrogens (tertiary/aromatic N) is 2. The van der Waals surface area contributed by atoms with Crippen molar-refractivity contribution in [1.82, 2.24) is 10.2 Å². The molecule has 6 heteroatoms. The van der Waals surface area contributed by atoms with E-state index in [1.807, 2.05) is 84.9 Å². The zero-order chi connectivity index (χ0) is 21.4. The van der Waals surface area contributed by atoms with Gasteiger partial charge in [0.25, 0.3) is 5.91 Å².